The molecule has 0 heterocycles. The molecule has 0 radical (unpaired) electrons. The summed E-state index contributed by atoms with van der Waals surface area (Å²) in [5.74, 6) is -1.19. The second-order valence-corrected chi connectivity index (χ2v) is 6.00. The van der Waals surface area contributed by atoms with Crippen LogP contribution >= 0.6 is 23.2 Å². The van der Waals surface area contributed by atoms with Crippen molar-refractivity contribution < 1.29 is 14.0 Å². The van der Waals surface area contributed by atoms with E-state index in [1.54, 1.807) is 24.3 Å². The van der Waals surface area contributed by atoms with Gasteiger partial charge in [0.15, 0.2) is 0 Å². The number of amides is 2. The zero-order valence-electron chi connectivity index (χ0n) is 12.9. The summed E-state index contributed by atoms with van der Waals surface area (Å²) < 4.78 is 13.1. The normalized spacial score (nSPS) is 10.3. The summed E-state index contributed by atoms with van der Waals surface area (Å²) in [7, 11) is 1.50. The number of carbonyl (C=O) groups is 2. The molecule has 0 unspecified atom stereocenters. The highest BCUT2D eigenvalue weighted by Crippen LogP contribution is 2.25. The fourth-order valence-corrected chi connectivity index (χ4v) is 2.59. The topological polar surface area (TPSA) is 49.4 Å². The minimum Gasteiger partial charge on any atom is -0.336 e. The molecule has 0 aliphatic heterocycles. The quantitative estimate of drug-likeness (QED) is 0.872. The Hall–Kier alpha value is -2.11. The molecule has 2 aromatic carbocycles. The molecule has 0 fully saturated rings. The van der Waals surface area contributed by atoms with E-state index in [1.807, 2.05) is 0 Å². The number of carbonyl (C=O) groups excluding carboxylic acids is 2. The highest BCUT2D eigenvalue weighted by Gasteiger charge is 2.17. The Labute approximate surface area is 149 Å². The van der Waals surface area contributed by atoms with Gasteiger partial charge in [-0.1, -0.05) is 35.3 Å². The molecule has 24 heavy (non-hydrogen) atoms. The predicted octanol–water partition coefficient (Wildman–Crippen LogP) is 3.77. The summed E-state index contributed by atoms with van der Waals surface area (Å²) in [5, 5.41) is 3.32. The van der Waals surface area contributed by atoms with Crippen LogP contribution in [-0.4, -0.2) is 30.3 Å². The molecular formula is C17H15Cl2FN2O2. The predicted molar refractivity (Wildman–Crippen MR) is 92.8 cm³/mol. The molecule has 0 aromatic heterocycles. The van der Waals surface area contributed by atoms with E-state index in [2.05, 4.69) is 5.32 Å². The maximum absolute atomic E-state index is 13.1. The fourth-order valence-electron chi connectivity index (χ4n) is 2.06. The maximum Gasteiger partial charge on any atom is 0.243 e. The lowest BCUT2D eigenvalue weighted by molar-refractivity contribution is -0.132. The maximum atomic E-state index is 13.1. The molecule has 0 aliphatic carbocycles. The molecule has 2 amide bonds. The fraction of sp³-hybridized carbons (Fsp3) is 0.176. The first-order valence-electron chi connectivity index (χ1n) is 7.09. The summed E-state index contributed by atoms with van der Waals surface area (Å²) in [5.41, 5.74) is 0.846. The molecule has 126 valence electrons. The van der Waals surface area contributed by atoms with E-state index in [1.165, 1.54) is 30.1 Å². The molecule has 2 rings (SSSR count). The molecule has 2 aromatic rings. The molecule has 0 bridgehead atoms. The third-order valence-corrected chi connectivity index (χ3v) is 4.01. The van der Waals surface area contributed by atoms with E-state index in [-0.39, 0.29) is 18.9 Å². The second-order valence-electron chi connectivity index (χ2n) is 5.19. The summed E-state index contributed by atoms with van der Waals surface area (Å²) in [6, 6.07) is 10.5. The standard InChI is InChI=1S/C17H15Cl2FN2O2/c1-22(10-16(23)21-12-5-2-4-11(20)8-12)17(24)9-13-14(18)6-3-7-15(13)19/h2-8H,9-10H2,1H3,(H,21,23). The van der Waals surface area contributed by atoms with Gasteiger partial charge in [0.25, 0.3) is 0 Å². The van der Waals surface area contributed by atoms with Crippen molar-refractivity contribution in [1.82, 2.24) is 4.90 Å². The molecule has 1 N–H and O–H groups in total. The van der Waals surface area contributed by atoms with Crippen LogP contribution in [0.2, 0.25) is 10.0 Å². The Balaban J connectivity index is 1.95. The lowest BCUT2D eigenvalue weighted by Crippen LogP contribution is -2.35. The van der Waals surface area contributed by atoms with E-state index >= 15 is 0 Å². The summed E-state index contributed by atoms with van der Waals surface area (Å²) in [4.78, 5) is 25.4. The van der Waals surface area contributed by atoms with Crippen LogP contribution < -0.4 is 5.32 Å². The van der Waals surface area contributed by atoms with Gasteiger partial charge in [-0.15, -0.1) is 0 Å². The van der Waals surface area contributed by atoms with Gasteiger partial charge in [0.1, 0.15) is 5.82 Å². The number of nitrogens with zero attached hydrogens (tertiary/aromatic N) is 1. The smallest absolute Gasteiger partial charge is 0.243 e. The molecule has 0 spiro atoms. The first-order chi connectivity index (χ1) is 11.4. The molecular weight excluding hydrogens is 354 g/mol. The van der Waals surface area contributed by atoms with Gasteiger partial charge in [-0.3, -0.25) is 9.59 Å². The largest absolute Gasteiger partial charge is 0.336 e. The third kappa shape index (κ3) is 4.94. The van der Waals surface area contributed by atoms with Crippen LogP contribution in [0.3, 0.4) is 0 Å². The lowest BCUT2D eigenvalue weighted by Gasteiger charge is -2.17. The third-order valence-electron chi connectivity index (χ3n) is 3.30. The van der Waals surface area contributed by atoms with E-state index in [9.17, 15) is 14.0 Å². The molecule has 0 aliphatic rings. The molecule has 0 atom stereocenters. The van der Waals surface area contributed by atoms with Crippen LogP contribution in [-0.2, 0) is 16.0 Å². The lowest BCUT2D eigenvalue weighted by atomic mass is 10.1. The first-order valence-corrected chi connectivity index (χ1v) is 7.84. The van der Waals surface area contributed by atoms with Gasteiger partial charge in [0.2, 0.25) is 11.8 Å². The molecule has 4 nitrogen and oxygen atoms in total. The Morgan fingerprint density at radius 2 is 1.75 bits per heavy atom. The van der Waals surface area contributed by atoms with E-state index in [0.717, 1.165) is 0 Å². The molecule has 0 saturated carbocycles. The Kier molecular flexibility index (Phi) is 6.17. The van der Waals surface area contributed by atoms with Crippen molar-refractivity contribution >= 4 is 40.7 Å². The highest BCUT2D eigenvalue weighted by atomic mass is 35.5. The number of anilines is 1. The Morgan fingerprint density at radius 3 is 2.38 bits per heavy atom. The van der Waals surface area contributed by atoms with Gasteiger partial charge in [0.05, 0.1) is 13.0 Å². The van der Waals surface area contributed by atoms with Crippen molar-refractivity contribution in [2.24, 2.45) is 0 Å². The first kappa shape index (κ1) is 18.2. The summed E-state index contributed by atoms with van der Waals surface area (Å²) in [6.45, 7) is -0.169. The SMILES string of the molecule is CN(CC(=O)Nc1cccc(F)c1)C(=O)Cc1c(Cl)cccc1Cl. The average Bonchev–Trinajstić information content (AvgIpc) is 2.50. The average molecular weight is 369 g/mol. The minimum atomic E-state index is -0.453. The van der Waals surface area contributed by atoms with E-state index < -0.39 is 11.7 Å². The van der Waals surface area contributed by atoms with Crippen LogP contribution in [0, 0.1) is 5.82 Å². The Morgan fingerprint density at radius 1 is 1.12 bits per heavy atom. The zero-order valence-corrected chi connectivity index (χ0v) is 14.4. The van der Waals surface area contributed by atoms with Crippen molar-refractivity contribution in [2.45, 2.75) is 6.42 Å². The molecule has 7 heteroatoms. The number of halogens is 3. The van der Waals surface area contributed by atoms with Gasteiger partial charge < -0.3 is 10.2 Å². The van der Waals surface area contributed by atoms with Crippen molar-refractivity contribution in [1.29, 1.82) is 0 Å². The minimum absolute atomic E-state index is 0.0117. The number of rotatable bonds is 5. The summed E-state index contributed by atoms with van der Waals surface area (Å²) >= 11 is 12.1. The number of hydrogen-bond acceptors (Lipinski definition) is 2. The van der Waals surface area contributed by atoms with Gasteiger partial charge in [0, 0.05) is 22.8 Å². The summed E-state index contributed by atoms with van der Waals surface area (Å²) in [6.07, 6.45) is -0.0117. The number of hydrogen-bond donors (Lipinski definition) is 1. The van der Waals surface area contributed by atoms with E-state index in [4.69, 9.17) is 23.2 Å². The van der Waals surface area contributed by atoms with Gasteiger partial charge in [-0.2, -0.15) is 0 Å². The van der Waals surface area contributed by atoms with Crippen molar-refractivity contribution in [2.75, 3.05) is 18.9 Å². The number of nitrogens with one attached hydrogen (secondary N) is 1. The number of likely N-dealkylation sites (N-methyl/N-ethyl adjacent to an activating group) is 1. The van der Waals surface area contributed by atoms with Gasteiger partial charge >= 0.3 is 0 Å². The van der Waals surface area contributed by atoms with Gasteiger partial charge in [-0.05, 0) is 35.9 Å². The Bertz CT molecular complexity index is 748. The van der Waals surface area contributed by atoms with Crippen LogP contribution in [0.25, 0.3) is 0 Å². The monoisotopic (exact) mass is 368 g/mol. The zero-order chi connectivity index (χ0) is 17.7. The van der Waals surface area contributed by atoms with E-state index in [0.29, 0.717) is 21.3 Å². The van der Waals surface area contributed by atoms with Crippen LogP contribution in [0.4, 0.5) is 10.1 Å². The van der Waals surface area contributed by atoms with Crippen molar-refractivity contribution in [3.63, 3.8) is 0 Å². The van der Waals surface area contributed by atoms with Crippen molar-refractivity contribution in [3.05, 3.63) is 63.9 Å². The number of benzene rings is 2. The van der Waals surface area contributed by atoms with Gasteiger partial charge in [-0.25, -0.2) is 4.39 Å². The van der Waals surface area contributed by atoms with Crippen LogP contribution in [0.15, 0.2) is 42.5 Å². The second kappa shape index (κ2) is 8.13. The van der Waals surface area contributed by atoms with Crippen LogP contribution in [0.5, 0.6) is 0 Å². The van der Waals surface area contributed by atoms with Crippen molar-refractivity contribution in [3.8, 4) is 0 Å². The highest BCUT2D eigenvalue weighted by molar-refractivity contribution is 6.36. The molecule has 0 saturated heterocycles. The van der Waals surface area contributed by atoms with Crippen LogP contribution in [0.1, 0.15) is 5.56 Å².